The van der Waals surface area contributed by atoms with Crippen LogP contribution in [0.4, 0.5) is 0 Å². The topological polar surface area (TPSA) is 135 Å². The third-order valence-corrected chi connectivity index (χ3v) is 1.87. The number of carbonyl (C=O) groups is 2. The minimum Gasteiger partial charge on any atom is -0.394 e. The van der Waals surface area contributed by atoms with E-state index in [9.17, 15) is 14.7 Å². The Morgan fingerprint density at radius 1 is 1.13 bits per heavy atom. The monoisotopic (exact) mass is 222 g/mol. The Bertz CT molecular complexity index is 217. The first-order chi connectivity index (χ1) is 6.95. The average molecular weight is 222 g/mol. The van der Waals surface area contributed by atoms with E-state index >= 15 is 0 Å². The Morgan fingerprint density at radius 3 is 2.07 bits per heavy atom. The molecule has 5 N–H and O–H groups in total. The van der Waals surface area contributed by atoms with Crippen LogP contribution in [0.1, 0.15) is 6.42 Å². The van der Waals surface area contributed by atoms with E-state index in [4.69, 9.17) is 20.4 Å². The predicted octanol–water partition coefficient (Wildman–Crippen LogP) is -3.42. The maximum Gasteiger partial charge on any atom is 0.171 e. The lowest BCUT2D eigenvalue weighted by Crippen LogP contribution is -2.48. The van der Waals surface area contributed by atoms with E-state index in [1.807, 2.05) is 0 Å². The van der Waals surface area contributed by atoms with Crippen LogP contribution < -0.4 is 0 Å². The molecule has 7 heteroatoms. The highest BCUT2D eigenvalue weighted by Gasteiger charge is 2.33. The number of ketones is 1. The largest absolute Gasteiger partial charge is 0.394 e. The van der Waals surface area contributed by atoms with Gasteiger partial charge in [-0.15, -0.1) is 0 Å². The molecule has 0 aromatic rings. The Kier molecular flexibility index (Phi) is 6.21. The summed E-state index contributed by atoms with van der Waals surface area (Å²) in [7, 11) is 0. The van der Waals surface area contributed by atoms with Crippen LogP contribution in [0.15, 0.2) is 0 Å². The number of aliphatic hydroxyl groups excluding tert-OH is 5. The molecule has 0 unspecified atom stereocenters. The summed E-state index contributed by atoms with van der Waals surface area (Å²) in [5, 5.41) is 44.8. The lowest BCUT2D eigenvalue weighted by atomic mass is 9.99. The predicted molar refractivity (Wildman–Crippen MR) is 46.8 cm³/mol. The van der Waals surface area contributed by atoms with E-state index < -0.39 is 43.2 Å². The van der Waals surface area contributed by atoms with Gasteiger partial charge in [-0.2, -0.15) is 0 Å². The maximum atomic E-state index is 10.9. The van der Waals surface area contributed by atoms with Crippen LogP contribution in [0.5, 0.6) is 0 Å². The van der Waals surface area contributed by atoms with Crippen LogP contribution in [0.25, 0.3) is 0 Å². The highest BCUT2D eigenvalue weighted by Crippen LogP contribution is 2.06. The van der Waals surface area contributed by atoms with Crippen molar-refractivity contribution in [1.82, 2.24) is 0 Å². The Morgan fingerprint density at radius 2 is 1.67 bits per heavy atom. The summed E-state index contributed by atoms with van der Waals surface area (Å²) >= 11 is 0. The molecule has 15 heavy (non-hydrogen) atoms. The van der Waals surface area contributed by atoms with Gasteiger partial charge in [0.15, 0.2) is 5.78 Å². The second kappa shape index (κ2) is 6.59. The fourth-order valence-corrected chi connectivity index (χ4v) is 0.916. The van der Waals surface area contributed by atoms with E-state index in [2.05, 4.69) is 0 Å². The van der Waals surface area contributed by atoms with Gasteiger partial charge in [0.05, 0.1) is 13.0 Å². The van der Waals surface area contributed by atoms with Gasteiger partial charge < -0.3 is 30.3 Å². The SMILES string of the molecule is O=CCC(=O)[C@H](O)[C@@H](O)[C@H](O)[C@H](O)CO. The molecule has 0 bridgehead atoms. The zero-order valence-corrected chi connectivity index (χ0v) is 7.85. The van der Waals surface area contributed by atoms with Crippen molar-refractivity contribution in [3.05, 3.63) is 0 Å². The van der Waals surface area contributed by atoms with Gasteiger partial charge in [-0.05, 0) is 0 Å². The molecule has 0 aliphatic rings. The summed E-state index contributed by atoms with van der Waals surface area (Å²) in [6, 6.07) is 0. The van der Waals surface area contributed by atoms with Gasteiger partial charge in [0.25, 0.3) is 0 Å². The molecule has 0 amide bonds. The standard InChI is InChI=1S/C8H14O7/c9-2-1-4(11)6(13)8(15)7(14)5(12)3-10/h2,5-8,10,12-15H,1,3H2/t5-,6+,7-,8-/m1/s1. The molecular weight excluding hydrogens is 208 g/mol. The van der Waals surface area contributed by atoms with Crippen LogP contribution in [-0.2, 0) is 9.59 Å². The van der Waals surface area contributed by atoms with Crippen molar-refractivity contribution in [3.8, 4) is 0 Å². The Hall–Kier alpha value is -0.860. The van der Waals surface area contributed by atoms with Gasteiger partial charge in [0, 0.05) is 0 Å². The van der Waals surface area contributed by atoms with Gasteiger partial charge in [-0.3, -0.25) is 4.79 Å². The van der Waals surface area contributed by atoms with Crippen LogP contribution in [0, 0.1) is 0 Å². The van der Waals surface area contributed by atoms with Crippen molar-refractivity contribution in [2.24, 2.45) is 0 Å². The van der Waals surface area contributed by atoms with Gasteiger partial charge in [0.2, 0.25) is 0 Å². The second-order valence-corrected chi connectivity index (χ2v) is 3.01. The fourth-order valence-electron chi connectivity index (χ4n) is 0.916. The van der Waals surface area contributed by atoms with Crippen LogP contribution in [0.3, 0.4) is 0 Å². The van der Waals surface area contributed by atoms with Crippen molar-refractivity contribution in [1.29, 1.82) is 0 Å². The Labute approximate surface area is 85.6 Å². The minimum atomic E-state index is -1.97. The summed E-state index contributed by atoms with van der Waals surface area (Å²) in [6.07, 6.45) is -7.79. The van der Waals surface area contributed by atoms with E-state index in [-0.39, 0.29) is 6.29 Å². The number of Topliss-reactive ketones (excluding diaryl/α,β-unsaturated/α-hetero) is 1. The molecule has 0 aromatic carbocycles. The number of aldehydes is 1. The van der Waals surface area contributed by atoms with Crippen molar-refractivity contribution in [2.45, 2.75) is 30.8 Å². The van der Waals surface area contributed by atoms with Crippen molar-refractivity contribution in [2.75, 3.05) is 6.61 Å². The third-order valence-electron chi connectivity index (χ3n) is 1.87. The second-order valence-electron chi connectivity index (χ2n) is 3.01. The van der Waals surface area contributed by atoms with E-state index in [1.54, 1.807) is 0 Å². The number of rotatable bonds is 7. The number of carbonyl (C=O) groups excluding carboxylic acids is 2. The lowest BCUT2D eigenvalue weighted by molar-refractivity contribution is -0.147. The summed E-state index contributed by atoms with van der Waals surface area (Å²) in [5.74, 6) is -0.971. The third kappa shape index (κ3) is 4.02. The molecule has 88 valence electrons. The first kappa shape index (κ1) is 14.1. The molecule has 0 rings (SSSR count). The van der Waals surface area contributed by atoms with Crippen molar-refractivity contribution >= 4 is 12.1 Å². The zero-order valence-electron chi connectivity index (χ0n) is 7.85. The summed E-state index contributed by atoms with van der Waals surface area (Å²) in [5.41, 5.74) is 0. The summed E-state index contributed by atoms with van der Waals surface area (Å²) in [4.78, 5) is 20.8. The van der Waals surface area contributed by atoms with Crippen LogP contribution in [-0.4, -0.2) is 68.6 Å². The van der Waals surface area contributed by atoms with E-state index in [0.717, 1.165) is 0 Å². The summed E-state index contributed by atoms with van der Waals surface area (Å²) in [6.45, 7) is -0.827. The van der Waals surface area contributed by atoms with E-state index in [0.29, 0.717) is 0 Å². The minimum absolute atomic E-state index is 0.243. The highest BCUT2D eigenvalue weighted by atomic mass is 16.4. The number of aliphatic hydroxyl groups is 5. The zero-order chi connectivity index (χ0) is 12.0. The normalized spacial score (nSPS) is 19.0. The molecule has 0 aromatic heterocycles. The highest BCUT2D eigenvalue weighted by molar-refractivity contribution is 5.93. The van der Waals surface area contributed by atoms with Crippen LogP contribution >= 0.6 is 0 Å². The molecular formula is C8H14O7. The molecule has 0 spiro atoms. The average Bonchev–Trinajstić information content (AvgIpc) is 2.25. The molecule has 0 radical (unpaired) electrons. The van der Waals surface area contributed by atoms with Crippen molar-refractivity contribution < 1.29 is 35.1 Å². The lowest BCUT2D eigenvalue weighted by Gasteiger charge is -2.24. The first-order valence-corrected chi connectivity index (χ1v) is 4.25. The number of hydrogen-bond acceptors (Lipinski definition) is 7. The molecule has 4 atom stereocenters. The molecule has 0 saturated carbocycles. The van der Waals surface area contributed by atoms with Crippen LogP contribution in [0.2, 0.25) is 0 Å². The first-order valence-electron chi connectivity index (χ1n) is 4.25. The fraction of sp³-hybridized carbons (Fsp3) is 0.750. The summed E-state index contributed by atoms with van der Waals surface area (Å²) < 4.78 is 0. The molecule has 0 heterocycles. The maximum absolute atomic E-state index is 10.9. The van der Waals surface area contributed by atoms with E-state index in [1.165, 1.54) is 0 Å². The smallest absolute Gasteiger partial charge is 0.171 e. The van der Waals surface area contributed by atoms with Gasteiger partial charge in [-0.1, -0.05) is 0 Å². The molecule has 0 aliphatic carbocycles. The molecule has 0 saturated heterocycles. The molecule has 0 fully saturated rings. The number of hydrogen-bond donors (Lipinski definition) is 5. The van der Waals surface area contributed by atoms with Gasteiger partial charge in [0.1, 0.15) is 30.7 Å². The quantitative estimate of drug-likeness (QED) is 0.223. The Balaban J connectivity index is 4.35. The molecule has 0 aliphatic heterocycles. The van der Waals surface area contributed by atoms with Gasteiger partial charge in [-0.25, -0.2) is 0 Å². The van der Waals surface area contributed by atoms with Crippen molar-refractivity contribution in [3.63, 3.8) is 0 Å². The molecule has 7 nitrogen and oxygen atoms in total. The van der Waals surface area contributed by atoms with Gasteiger partial charge >= 0.3 is 0 Å².